The van der Waals surface area contributed by atoms with Gasteiger partial charge in [0.1, 0.15) is 6.10 Å². The summed E-state index contributed by atoms with van der Waals surface area (Å²) in [7, 11) is 0. The lowest BCUT2D eigenvalue weighted by molar-refractivity contribution is -0.0203. The molecule has 1 unspecified atom stereocenters. The number of hydrogen-bond acceptors (Lipinski definition) is 5. The molecule has 1 aromatic heterocycles. The van der Waals surface area contributed by atoms with Gasteiger partial charge in [-0.3, -0.25) is 0 Å². The summed E-state index contributed by atoms with van der Waals surface area (Å²) < 4.78 is 11.0. The fraction of sp³-hybridized carbons (Fsp3) is 0.846. The Morgan fingerprint density at radius 1 is 1.44 bits per heavy atom. The molecule has 0 amide bonds. The van der Waals surface area contributed by atoms with Gasteiger partial charge >= 0.3 is 0 Å². The van der Waals surface area contributed by atoms with Gasteiger partial charge in [0.05, 0.1) is 6.10 Å². The van der Waals surface area contributed by atoms with Gasteiger partial charge in [0, 0.05) is 12.5 Å². The van der Waals surface area contributed by atoms with Crippen molar-refractivity contribution in [2.75, 3.05) is 6.61 Å². The molecule has 0 radical (unpaired) electrons. The van der Waals surface area contributed by atoms with Crippen LogP contribution in [0.1, 0.15) is 64.3 Å². The molecule has 102 valence electrons. The second-order valence-electron chi connectivity index (χ2n) is 6.01. The maximum absolute atomic E-state index is 9.29. The minimum Gasteiger partial charge on any atom is -0.393 e. The summed E-state index contributed by atoms with van der Waals surface area (Å²) >= 11 is 0. The average Bonchev–Trinajstić information content (AvgIpc) is 2.68. The van der Waals surface area contributed by atoms with E-state index in [9.17, 15) is 5.11 Å². The van der Waals surface area contributed by atoms with E-state index in [0.717, 1.165) is 12.8 Å². The van der Waals surface area contributed by atoms with Crippen molar-refractivity contribution >= 4 is 0 Å². The highest BCUT2D eigenvalue weighted by atomic mass is 16.5. The summed E-state index contributed by atoms with van der Waals surface area (Å²) in [6.07, 6.45) is 1.06. The van der Waals surface area contributed by atoms with Crippen LogP contribution in [-0.2, 0) is 4.74 Å². The molecule has 1 aromatic rings. The predicted molar refractivity (Wildman–Crippen MR) is 66.1 cm³/mol. The predicted octanol–water partition coefficient (Wildman–Crippen LogP) is 2.43. The molecule has 1 N–H and O–H groups in total. The lowest BCUT2D eigenvalue weighted by Crippen LogP contribution is -2.27. The Balaban J connectivity index is 2.11. The summed E-state index contributed by atoms with van der Waals surface area (Å²) in [5, 5.41) is 13.3. The third-order valence-corrected chi connectivity index (χ3v) is 3.27. The van der Waals surface area contributed by atoms with Crippen molar-refractivity contribution in [3.8, 4) is 0 Å². The van der Waals surface area contributed by atoms with Gasteiger partial charge in [-0.05, 0) is 25.2 Å². The zero-order valence-corrected chi connectivity index (χ0v) is 11.5. The molecular formula is C13H22N2O3. The number of rotatable bonds is 4. The first kappa shape index (κ1) is 13.5. The van der Waals surface area contributed by atoms with Crippen LogP contribution in [-0.4, -0.2) is 28.0 Å². The van der Waals surface area contributed by atoms with Gasteiger partial charge in [-0.2, -0.15) is 4.98 Å². The highest BCUT2D eigenvalue weighted by Gasteiger charge is 2.36. The fourth-order valence-electron chi connectivity index (χ4n) is 2.19. The first-order chi connectivity index (χ1) is 8.41. The minimum absolute atomic E-state index is 0.0731. The average molecular weight is 254 g/mol. The topological polar surface area (TPSA) is 68.4 Å². The lowest BCUT2D eigenvalue weighted by atomic mass is 9.82. The van der Waals surface area contributed by atoms with E-state index in [-0.39, 0.29) is 23.5 Å². The standard InChI is InChI=1S/C13H22N2O3/c1-5-17-10(13(2,3)4)11-14-12(18-15-11)8-6-9(16)7-8/h8-10,16H,5-7H2,1-4H3. The molecule has 5 heteroatoms. The third-order valence-electron chi connectivity index (χ3n) is 3.27. The van der Waals surface area contributed by atoms with E-state index in [0.29, 0.717) is 18.3 Å². The second-order valence-corrected chi connectivity index (χ2v) is 6.01. The SMILES string of the molecule is CCOC(c1noc(C2CC(O)C2)n1)C(C)(C)C. The molecule has 0 saturated heterocycles. The van der Waals surface area contributed by atoms with Crippen LogP contribution in [0, 0.1) is 5.41 Å². The van der Waals surface area contributed by atoms with Crippen molar-refractivity contribution in [1.29, 1.82) is 0 Å². The second kappa shape index (κ2) is 4.97. The molecule has 1 saturated carbocycles. The summed E-state index contributed by atoms with van der Waals surface area (Å²) in [6, 6.07) is 0. The highest BCUT2D eigenvalue weighted by molar-refractivity contribution is 5.04. The van der Waals surface area contributed by atoms with Gasteiger partial charge in [0.15, 0.2) is 0 Å². The molecule has 1 atom stereocenters. The van der Waals surface area contributed by atoms with E-state index in [2.05, 4.69) is 30.9 Å². The van der Waals surface area contributed by atoms with Crippen LogP contribution in [0.2, 0.25) is 0 Å². The van der Waals surface area contributed by atoms with E-state index in [1.165, 1.54) is 0 Å². The van der Waals surface area contributed by atoms with Gasteiger partial charge in [-0.15, -0.1) is 0 Å². The van der Waals surface area contributed by atoms with Crippen LogP contribution in [0.5, 0.6) is 0 Å². The van der Waals surface area contributed by atoms with Gasteiger partial charge < -0.3 is 14.4 Å². The molecule has 1 aliphatic rings. The Kier molecular flexibility index (Phi) is 3.73. The van der Waals surface area contributed by atoms with Gasteiger partial charge in [0.25, 0.3) is 0 Å². The van der Waals surface area contributed by atoms with Crippen molar-refractivity contribution < 1.29 is 14.4 Å². The normalized spacial score (nSPS) is 25.8. The lowest BCUT2D eigenvalue weighted by Gasteiger charge is -2.28. The van der Waals surface area contributed by atoms with E-state index in [1.807, 2.05) is 6.92 Å². The Hall–Kier alpha value is -0.940. The van der Waals surface area contributed by atoms with Crippen molar-refractivity contribution in [3.63, 3.8) is 0 Å². The van der Waals surface area contributed by atoms with Crippen molar-refractivity contribution in [2.24, 2.45) is 5.41 Å². The zero-order valence-electron chi connectivity index (χ0n) is 11.5. The van der Waals surface area contributed by atoms with Crippen LogP contribution in [0.4, 0.5) is 0 Å². The number of aromatic nitrogens is 2. The van der Waals surface area contributed by atoms with Gasteiger partial charge in [0.2, 0.25) is 11.7 Å². The molecule has 0 spiro atoms. The number of aliphatic hydroxyl groups excluding tert-OH is 1. The Morgan fingerprint density at radius 2 is 2.11 bits per heavy atom. The van der Waals surface area contributed by atoms with Crippen LogP contribution in [0.3, 0.4) is 0 Å². The summed E-state index contributed by atoms with van der Waals surface area (Å²) in [5.41, 5.74) is -0.0731. The van der Waals surface area contributed by atoms with Crippen LogP contribution in [0.15, 0.2) is 4.52 Å². The van der Waals surface area contributed by atoms with E-state index >= 15 is 0 Å². The molecule has 1 fully saturated rings. The number of ether oxygens (including phenoxy) is 1. The number of hydrogen-bond donors (Lipinski definition) is 1. The highest BCUT2D eigenvalue weighted by Crippen LogP contribution is 2.38. The minimum atomic E-state index is -0.212. The molecule has 2 rings (SSSR count). The molecule has 0 aliphatic heterocycles. The molecular weight excluding hydrogens is 232 g/mol. The van der Waals surface area contributed by atoms with Crippen LogP contribution >= 0.6 is 0 Å². The largest absolute Gasteiger partial charge is 0.393 e. The molecule has 1 aliphatic carbocycles. The van der Waals surface area contributed by atoms with Crippen LogP contribution in [0.25, 0.3) is 0 Å². The van der Waals surface area contributed by atoms with E-state index in [1.54, 1.807) is 0 Å². The number of aliphatic hydroxyl groups is 1. The molecule has 0 aromatic carbocycles. The molecule has 18 heavy (non-hydrogen) atoms. The smallest absolute Gasteiger partial charge is 0.230 e. The van der Waals surface area contributed by atoms with Crippen molar-refractivity contribution in [2.45, 2.75) is 58.7 Å². The maximum atomic E-state index is 9.29. The maximum Gasteiger partial charge on any atom is 0.230 e. The van der Waals surface area contributed by atoms with Crippen molar-refractivity contribution in [3.05, 3.63) is 11.7 Å². The molecule has 5 nitrogen and oxygen atoms in total. The molecule has 0 bridgehead atoms. The first-order valence-electron chi connectivity index (χ1n) is 6.55. The Morgan fingerprint density at radius 3 is 2.61 bits per heavy atom. The molecule has 1 heterocycles. The van der Waals surface area contributed by atoms with Gasteiger partial charge in [-0.25, -0.2) is 0 Å². The zero-order chi connectivity index (χ0) is 13.3. The Labute approximate surface area is 108 Å². The Bertz CT molecular complexity index is 391. The van der Waals surface area contributed by atoms with E-state index in [4.69, 9.17) is 9.26 Å². The monoisotopic (exact) mass is 254 g/mol. The number of nitrogens with zero attached hydrogens (tertiary/aromatic N) is 2. The van der Waals surface area contributed by atoms with Gasteiger partial charge in [-0.1, -0.05) is 25.9 Å². The summed E-state index contributed by atoms with van der Waals surface area (Å²) in [4.78, 5) is 4.44. The van der Waals surface area contributed by atoms with E-state index < -0.39 is 0 Å². The van der Waals surface area contributed by atoms with Crippen molar-refractivity contribution in [1.82, 2.24) is 10.1 Å². The summed E-state index contributed by atoms with van der Waals surface area (Å²) in [5.74, 6) is 1.45. The quantitative estimate of drug-likeness (QED) is 0.893. The first-order valence-corrected chi connectivity index (χ1v) is 6.55. The van der Waals surface area contributed by atoms with Crippen LogP contribution < -0.4 is 0 Å². The summed E-state index contributed by atoms with van der Waals surface area (Å²) in [6.45, 7) is 8.86. The fourth-order valence-corrected chi connectivity index (χ4v) is 2.19. The third kappa shape index (κ3) is 2.72.